The van der Waals surface area contributed by atoms with Crippen molar-refractivity contribution in [2.45, 2.75) is 72.1 Å². The van der Waals surface area contributed by atoms with Gasteiger partial charge in [0.05, 0.1) is 5.71 Å². The topological polar surface area (TPSA) is 76.0 Å². The zero-order valence-corrected chi connectivity index (χ0v) is 17.4. The number of oxime groups is 1. The molecule has 6 atom stereocenters. The first-order valence-electron chi connectivity index (χ1n) is 10.9. The van der Waals surface area contributed by atoms with Crippen LogP contribution >= 0.6 is 0 Å². The summed E-state index contributed by atoms with van der Waals surface area (Å²) in [5.41, 5.74) is 2.77. The molecule has 0 aromatic heterocycles. The van der Waals surface area contributed by atoms with Crippen LogP contribution in [0.1, 0.15) is 72.1 Å². The smallest absolute Gasteiger partial charge is 0.344 e. The first kappa shape index (κ1) is 19.7. The second kappa shape index (κ2) is 7.00. The van der Waals surface area contributed by atoms with Crippen LogP contribution in [0.4, 0.5) is 0 Å². The average Bonchev–Trinajstić information content (AvgIpc) is 2.99. The molecule has 5 heteroatoms. The van der Waals surface area contributed by atoms with E-state index < -0.39 is 5.97 Å². The van der Waals surface area contributed by atoms with Crippen molar-refractivity contribution in [3.05, 3.63) is 11.6 Å². The summed E-state index contributed by atoms with van der Waals surface area (Å²) in [5.74, 6) is 1.77. The Bertz CT molecular complexity index is 741. The third kappa shape index (κ3) is 3.02. The minimum atomic E-state index is -0.996. The van der Waals surface area contributed by atoms with Crippen LogP contribution in [0.25, 0.3) is 0 Å². The van der Waals surface area contributed by atoms with Gasteiger partial charge in [0.25, 0.3) is 0 Å². The summed E-state index contributed by atoms with van der Waals surface area (Å²) in [6.45, 7) is 6.24. The number of ketones is 1. The lowest BCUT2D eigenvalue weighted by atomic mass is 9.46. The summed E-state index contributed by atoms with van der Waals surface area (Å²) >= 11 is 0. The van der Waals surface area contributed by atoms with E-state index in [1.807, 2.05) is 0 Å². The van der Waals surface area contributed by atoms with Crippen LogP contribution in [-0.4, -0.2) is 29.2 Å². The van der Waals surface area contributed by atoms with Crippen LogP contribution in [-0.2, 0) is 14.4 Å². The summed E-state index contributed by atoms with van der Waals surface area (Å²) in [5, 5.41) is 12.8. The molecular formula is C23H33NO4. The van der Waals surface area contributed by atoms with E-state index in [1.165, 1.54) is 31.3 Å². The van der Waals surface area contributed by atoms with E-state index in [4.69, 9.17) is 9.94 Å². The first-order chi connectivity index (χ1) is 13.3. The molecule has 28 heavy (non-hydrogen) atoms. The number of hydrogen-bond donors (Lipinski definition) is 1. The van der Waals surface area contributed by atoms with Crippen molar-refractivity contribution in [1.29, 1.82) is 0 Å². The molecule has 0 aliphatic heterocycles. The summed E-state index contributed by atoms with van der Waals surface area (Å²) in [6.07, 6.45) is 11.1. The van der Waals surface area contributed by atoms with E-state index in [-0.39, 0.29) is 23.4 Å². The fourth-order valence-corrected chi connectivity index (χ4v) is 7.48. The van der Waals surface area contributed by atoms with Gasteiger partial charge in [0.2, 0.25) is 6.61 Å². The molecule has 0 spiro atoms. The van der Waals surface area contributed by atoms with Crippen molar-refractivity contribution in [2.24, 2.45) is 39.7 Å². The molecule has 3 fully saturated rings. The predicted molar refractivity (Wildman–Crippen MR) is 107 cm³/mol. The van der Waals surface area contributed by atoms with Gasteiger partial charge < -0.3 is 9.94 Å². The normalized spacial score (nSPS) is 43.5. The van der Waals surface area contributed by atoms with Crippen molar-refractivity contribution in [3.8, 4) is 0 Å². The van der Waals surface area contributed by atoms with Gasteiger partial charge in [-0.2, -0.15) is 0 Å². The lowest BCUT2D eigenvalue weighted by molar-refractivity contribution is -0.142. The Balaban J connectivity index is 1.55. The number of hydrogen-bond acceptors (Lipinski definition) is 4. The van der Waals surface area contributed by atoms with E-state index in [0.717, 1.165) is 37.3 Å². The lowest BCUT2D eigenvalue weighted by Gasteiger charge is -2.58. The van der Waals surface area contributed by atoms with Crippen molar-refractivity contribution >= 4 is 17.5 Å². The molecular weight excluding hydrogens is 354 g/mol. The molecule has 4 rings (SSSR count). The summed E-state index contributed by atoms with van der Waals surface area (Å²) < 4.78 is 0. The number of allylic oxidation sites excluding steroid dienone is 2. The van der Waals surface area contributed by atoms with Crippen molar-refractivity contribution in [2.75, 3.05) is 6.61 Å². The van der Waals surface area contributed by atoms with Crippen molar-refractivity contribution < 1.29 is 19.5 Å². The highest BCUT2D eigenvalue weighted by Crippen LogP contribution is 2.66. The van der Waals surface area contributed by atoms with Crippen LogP contribution in [0.3, 0.4) is 0 Å². The van der Waals surface area contributed by atoms with E-state index in [9.17, 15) is 9.59 Å². The van der Waals surface area contributed by atoms with Crippen LogP contribution in [0.5, 0.6) is 0 Å². The molecule has 0 heterocycles. The fraction of sp³-hybridized carbons (Fsp3) is 0.783. The number of nitrogens with zero attached hydrogens (tertiary/aromatic N) is 1. The van der Waals surface area contributed by atoms with E-state index in [1.54, 1.807) is 6.92 Å². The minimum absolute atomic E-state index is 0.205. The molecule has 1 N–H and O–H groups in total. The van der Waals surface area contributed by atoms with Gasteiger partial charge in [-0.05, 0) is 93.0 Å². The van der Waals surface area contributed by atoms with Crippen molar-refractivity contribution in [1.82, 2.24) is 0 Å². The Morgan fingerprint density at radius 3 is 2.64 bits per heavy atom. The Morgan fingerprint density at radius 1 is 1.14 bits per heavy atom. The molecule has 0 saturated heterocycles. The molecule has 4 aliphatic rings. The largest absolute Gasteiger partial charge is 0.479 e. The van der Waals surface area contributed by atoms with Gasteiger partial charge in [-0.15, -0.1) is 0 Å². The van der Waals surface area contributed by atoms with Crippen LogP contribution in [0, 0.1) is 34.5 Å². The number of rotatable bonds is 4. The number of carboxylic acids is 1. The van der Waals surface area contributed by atoms with Crippen LogP contribution in [0.15, 0.2) is 16.8 Å². The molecule has 3 saturated carbocycles. The maximum atomic E-state index is 12.3. The quantitative estimate of drug-likeness (QED) is 0.715. The molecule has 0 amide bonds. The Morgan fingerprint density at radius 2 is 1.93 bits per heavy atom. The predicted octanol–water partition coefficient (Wildman–Crippen LogP) is 4.61. The lowest BCUT2D eigenvalue weighted by Crippen LogP contribution is -2.51. The van der Waals surface area contributed by atoms with E-state index >= 15 is 0 Å². The maximum absolute atomic E-state index is 12.3. The monoisotopic (exact) mass is 387 g/mol. The van der Waals surface area contributed by atoms with Gasteiger partial charge in [-0.25, -0.2) is 4.79 Å². The number of Topliss-reactive ketones (excluding diaryl/α,β-unsaturated/α-hetero) is 1. The fourth-order valence-electron chi connectivity index (χ4n) is 7.48. The first-order valence-corrected chi connectivity index (χ1v) is 10.9. The molecule has 0 aromatic rings. The molecule has 4 aliphatic carbocycles. The van der Waals surface area contributed by atoms with Gasteiger partial charge in [0.15, 0.2) is 0 Å². The maximum Gasteiger partial charge on any atom is 0.344 e. The minimum Gasteiger partial charge on any atom is -0.479 e. The second-order valence-corrected chi connectivity index (χ2v) is 10.0. The van der Waals surface area contributed by atoms with Gasteiger partial charge >= 0.3 is 5.97 Å². The highest BCUT2D eigenvalue weighted by molar-refractivity contribution is 5.96. The standard InChI is InChI=1S/C23H33NO4/c1-14(25)18-6-7-19-17-5-4-15-12-16(24-28-13-21(26)27)8-10-22(15,2)20(17)9-11-23(18,19)3/h12,17-20H,4-11,13H2,1-3H3,(H,26,27)/b24-16-/t17-,18+,19-,20-,22+,23-/m0/s1. The average molecular weight is 388 g/mol. The zero-order valence-electron chi connectivity index (χ0n) is 17.4. The number of aliphatic carboxylic acids is 1. The molecule has 0 unspecified atom stereocenters. The highest BCUT2D eigenvalue weighted by Gasteiger charge is 2.59. The van der Waals surface area contributed by atoms with Crippen LogP contribution in [0.2, 0.25) is 0 Å². The van der Waals surface area contributed by atoms with Gasteiger partial charge in [0.1, 0.15) is 5.78 Å². The molecule has 0 aromatic carbocycles. The van der Waals surface area contributed by atoms with E-state index in [0.29, 0.717) is 17.6 Å². The van der Waals surface area contributed by atoms with Gasteiger partial charge in [-0.1, -0.05) is 24.6 Å². The van der Waals surface area contributed by atoms with Crippen molar-refractivity contribution in [3.63, 3.8) is 0 Å². The Labute approximate surface area is 167 Å². The summed E-state index contributed by atoms with van der Waals surface area (Å²) in [6, 6.07) is 0. The number of carboxylic acid groups (broad SMARTS) is 1. The third-order valence-electron chi connectivity index (χ3n) is 8.84. The molecule has 0 bridgehead atoms. The Hall–Kier alpha value is -1.65. The second-order valence-electron chi connectivity index (χ2n) is 10.0. The molecule has 5 nitrogen and oxygen atoms in total. The van der Waals surface area contributed by atoms with Gasteiger partial charge in [-0.3, -0.25) is 4.79 Å². The molecule has 0 radical (unpaired) electrons. The number of carbonyl (C=O) groups is 2. The third-order valence-corrected chi connectivity index (χ3v) is 8.84. The highest BCUT2D eigenvalue weighted by atomic mass is 16.6. The zero-order chi connectivity index (χ0) is 20.1. The Kier molecular flexibility index (Phi) is 4.91. The number of carbonyl (C=O) groups excluding carboxylic acids is 1. The summed E-state index contributed by atoms with van der Waals surface area (Å²) in [7, 11) is 0. The van der Waals surface area contributed by atoms with Crippen LogP contribution < -0.4 is 0 Å². The SMILES string of the molecule is CC(=O)[C@H]1CC[C@H]2[C@@H]3CCC4=C/C(=N\OCC(=O)O)CC[C@@]4(C)[C@H]3CC[C@@]12C. The molecule has 154 valence electrons. The number of fused-ring (bicyclic) bond motifs is 5. The summed E-state index contributed by atoms with van der Waals surface area (Å²) in [4.78, 5) is 27.8. The van der Waals surface area contributed by atoms with E-state index in [2.05, 4.69) is 25.1 Å². The van der Waals surface area contributed by atoms with Gasteiger partial charge in [0, 0.05) is 5.92 Å².